The Hall–Kier alpha value is -2.95. The van der Waals surface area contributed by atoms with Gasteiger partial charge in [0.1, 0.15) is 6.04 Å². The highest BCUT2D eigenvalue weighted by molar-refractivity contribution is 5.97. The van der Waals surface area contributed by atoms with Gasteiger partial charge in [-0.2, -0.15) is 0 Å². The zero-order valence-corrected chi connectivity index (χ0v) is 12.0. The van der Waals surface area contributed by atoms with Crippen LogP contribution in [0.4, 0.5) is 0 Å². The summed E-state index contributed by atoms with van der Waals surface area (Å²) in [6.45, 7) is 0. The Kier molecular flexibility index (Phi) is 5.43. The third kappa shape index (κ3) is 4.56. The van der Waals surface area contributed by atoms with Gasteiger partial charge in [0.05, 0.1) is 5.56 Å². The zero-order valence-electron chi connectivity index (χ0n) is 12.0. The van der Waals surface area contributed by atoms with Crippen LogP contribution < -0.4 is 11.1 Å². The molecule has 5 nitrogen and oxygen atoms in total. The molecule has 0 spiro atoms. The number of primary amides is 1. The van der Waals surface area contributed by atoms with Gasteiger partial charge in [-0.05, 0) is 24.1 Å². The summed E-state index contributed by atoms with van der Waals surface area (Å²) in [5.74, 6) is -0.944. The van der Waals surface area contributed by atoms with Crippen LogP contribution in [0.5, 0.6) is 0 Å². The van der Waals surface area contributed by atoms with Crippen molar-refractivity contribution in [2.45, 2.75) is 12.5 Å². The molecule has 1 aromatic heterocycles. The molecule has 3 N–H and O–H groups in total. The maximum Gasteiger partial charge on any atom is 0.253 e. The average Bonchev–Trinajstić information content (AvgIpc) is 2.55. The molecule has 0 bridgehead atoms. The fraction of sp³-hybridized carbons (Fsp3) is 0.118. The average molecular weight is 295 g/mol. The number of carbonyl (C=O) groups is 2. The second-order valence-electron chi connectivity index (χ2n) is 4.72. The summed E-state index contributed by atoms with van der Waals surface area (Å²) in [7, 11) is 0. The lowest BCUT2D eigenvalue weighted by molar-refractivity contribution is -0.119. The predicted octanol–water partition coefficient (Wildman–Crippen LogP) is 1.77. The number of benzene rings is 1. The highest BCUT2D eigenvalue weighted by atomic mass is 16.2. The van der Waals surface area contributed by atoms with Crippen LogP contribution in [0.2, 0.25) is 0 Å². The van der Waals surface area contributed by atoms with Crippen LogP contribution in [-0.2, 0) is 4.79 Å². The smallest absolute Gasteiger partial charge is 0.253 e. The third-order valence-corrected chi connectivity index (χ3v) is 3.05. The number of nitrogens with zero attached hydrogens (tertiary/aromatic N) is 1. The van der Waals surface area contributed by atoms with Crippen LogP contribution in [0.25, 0.3) is 6.08 Å². The standard InChI is InChI=1S/C17H17N3O2/c18-16(21)15(10-4-8-13-6-2-1-3-7-13)20-17(22)14-9-5-11-19-12-14/h1-9,11-12,15H,10H2,(H2,18,21)(H,20,22)/b8-4+/t15-/m0/s1. The second kappa shape index (κ2) is 7.73. The molecule has 0 saturated heterocycles. The molecule has 0 aliphatic heterocycles. The van der Waals surface area contributed by atoms with E-state index in [1.165, 1.54) is 6.20 Å². The van der Waals surface area contributed by atoms with E-state index in [9.17, 15) is 9.59 Å². The topological polar surface area (TPSA) is 85.1 Å². The Morgan fingerprint density at radius 2 is 1.95 bits per heavy atom. The van der Waals surface area contributed by atoms with E-state index >= 15 is 0 Å². The number of aromatic nitrogens is 1. The van der Waals surface area contributed by atoms with E-state index in [0.717, 1.165) is 5.56 Å². The Labute approximate surface area is 128 Å². The molecular weight excluding hydrogens is 278 g/mol. The van der Waals surface area contributed by atoms with Gasteiger partial charge in [-0.25, -0.2) is 0 Å². The number of nitrogens with one attached hydrogen (secondary N) is 1. The number of rotatable bonds is 6. The molecule has 0 unspecified atom stereocenters. The lowest BCUT2D eigenvalue weighted by Crippen LogP contribution is -2.44. The van der Waals surface area contributed by atoms with Crippen molar-refractivity contribution in [2.75, 3.05) is 0 Å². The minimum atomic E-state index is -0.757. The van der Waals surface area contributed by atoms with Crippen LogP contribution in [0.1, 0.15) is 22.3 Å². The summed E-state index contributed by atoms with van der Waals surface area (Å²) in [4.78, 5) is 27.3. The molecule has 2 aromatic rings. The molecule has 1 aromatic carbocycles. The fourth-order valence-corrected chi connectivity index (χ4v) is 1.89. The monoisotopic (exact) mass is 295 g/mol. The molecule has 2 rings (SSSR count). The molecular formula is C17H17N3O2. The molecule has 5 heteroatoms. The summed E-state index contributed by atoms with van der Waals surface area (Å²) >= 11 is 0. The van der Waals surface area contributed by atoms with Crippen molar-refractivity contribution in [3.63, 3.8) is 0 Å². The lowest BCUT2D eigenvalue weighted by atomic mass is 10.1. The minimum absolute atomic E-state index is 0.330. The van der Waals surface area contributed by atoms with Gasteiger partial charge in [0, 0.05) is 12.4 Å². The van der Waals surface area contributed by atoms with Crippen molar-refractivity contribution in [1.82, 2.24) is 10.3 Å². The van der Waals surface area contributed by atoms with Crippen molar-refractivity contribution < 1.29 is 9.59 Å². The van der Waals surface area contributed by atoms with Crippen LogP contribution in [0.3, 0.4) is 0 Å². The molecule has 0 aliphatic rings. The van der Waals surface area contributed by atoms with E-state index in [1.54, 1.807) is 18.3 Å². The number of hydrogen-bond acceptors (Lipinski definition) is 3. The van der Waals surface area contributed by atoms with Crippen molar-refractivity contribution in [2.24, 2.45) is 5.73 Å². The van der Waals surface area contributed by atoms with Crippen molar-refractivity contribution in [3.05, 3.63) is 72.1 Å². The summed E-state index contributed by atoms with van der Waals surface area (Å²) in [6.07, 6.45) is 7.04. The highest BCUT2D eigenvalue weighted by Gasteiger charge is 2.17. The Morgan fingerprint density at radius 3 is 2.59 bits per heavy atom. The lowest BCUT2D eigenvalue weighted by Gasteiger charge is -2.13. The van der Waals surface area contributed by atoms with Crippen LogP contribution in [0, 0.1) is 0 Å². The molecule has 0 aliphatic carbocycles. The molecule has 2 amide bonds. The zero-order chi connectivity index (χ0) is 15.8. The van der Waals surface area contributed by atoms with E-state index in [4.69, 9.17) is 5.73 Å². The first-order valence-electron chi connectivity index (χ1n) is 6.88. The number of hydrogen-bond donors (Lipinski definition) is 2. The number of pyridine rings is 1. The summed E-state index contributed by atoms with van der Waals surface area (Å²) in [5, 5.41) is 2.61. The molecule has 0 fully saturated rings. The van der Waals surface area contributed by atoms with Gasteiger partial charge in [-0.3, -0.25) is 14.6 Å². The Morgan fingerprint density at radius 1 is 1.18 bits per heavy atom. The first-order valence-corrected chi connectivity index (χ1v) is 6.88. The molecule has 0 radical (unpaired) electrons. The van der Waals surface area contributed by atoms with Gasteiger partial charge >= 0.3 is 0 Å². The van der Waals surface area contributed by atoms with Gasteiger partial charge in [-0.1, -0.05) is 42.5 Å². The largest absolute Gasteiger partial charge is 0.368 e. The van der Waals surface area contributed by atoms with E-state index in [1.807, 2.05) is 42.5 Å². The van der Waals surface area contributed by atoms with Crippen molar-refractivity contribution in [3.8, 4) is 0 Å². The summed E-state index contributed by atoms with van der Waals surface area (Å²) < 4.78 is 0. The SMILES string of the molecule is NC(=O)[C@H](C/C=C/c1ccccc1)NC(=O)c1cccnc1. The second-order valence-corrected chi connectivity index (χ2v) is 4.72. The van der Waals surface area contributed by atoms with Gasteiger partial charge in [0.15, 0.2) is 0 Å². The predicted molar refractivity (Wildman–Crippen MR) is 84.8 cm³/mol. The van der Waals surface area contributed by atoms with Gasteiger partial charge < -0.3 is 11.1 Å². The maximum atomic E-state index is 12.0. The van der Waals surface area contributed by atoms with Gasteiger partial charge in [-0.15, -0.1) is 0 Å². The van der Waals surface area contributed by atoms with Gasteiger partial charge in [0.25, 0.3) is 5.91 Å². The van der Waals surface area contributed by atoms with Gasteiger partial charge in [0.2, 0.25) is 5.91 Å². The van der Waals surface area contributed by atoms with E-state index < -0.39 is 11.9 Å². The Balaban J connectivity index is 1.97. The van der Waals surface area contributed by atoms with Crippen LogP contribution >= 0.6 is 0 Å². The normalized spacial score (nSPS) is 12.0. The summed E-state index contributed by atoms with van der Waals surface area (Å²) in [6, 6.07) is 12.2. The first kappa shape index (κ1) is 15.4. The van der Waals surface area contributed by atoms with Crippen LogP contribution in [0.15, 0.2) is 60.9 Å². The third-order valence-electron chi connectivity index (χ3n) is 3.05. The highest BCUT2D eigenvalue weighted by Crippen LogP contribution is 2.04. The first-order chi connectivity index (χ1) is 10.7. The van der Waals surface area contributed by atoms with E-state index in [2.05, 4.69) is 10.3 Å². The number of nitrogens with two attached hydrogens (primary N) is 1. The number of amides is 2. The fourth-order valence-electron chi connectivity index (χ4n) is 1.89. The van der Waals surface area contributed by atoms with Crippen LogP contribution in [-0.4, -0.2) is 22.8 Å². The summed E-state index contributed by atoms with van der Waals surface area (Å²) in [5.41, 5.74) is 6.75. The molecule has 1 atom stereocenters. The molecule has 22 heavy (non-hydrogen) atoms. The van der Waals surface area contributed by atoms with Crippen molar-refractivity contribution in [1.29, 1.82) is 0 Å². The maximum absolute atomic E-state index is 12.0. The number of carbonyl (C=O) groups excluding carboxylic acids is 2. The minimum Gasteiger partial charge on any atom is -0.368 e. The Bertz CT molecular complexity index is 654. The molecule has 1 heterocycles. The van der Waals surface area contributed by atoms with Crippen molar-refractivity contribution >= 4 is 17.9 Å². The quantitative estimate of drug-likeness (QED) is 0.851. The van der Waals surface area contributed by atoms with E-state index in [-0.39, 0.29) is 5.91 Å². The molecule has 112 valence electrons. The molecule has 0 saturated carbocycles. The van der Waals surface area contributed by atoms with E-state index in [0.29, 0.717) is 12.0 Å².